The molecule has 1 aliphatic rings. The second-order valence-electron chi connectivity index (χ2n) is 3.29. The maximum atomic E-state index is 13.2. The van der Waals surface area contributed by atoms with E-state index in [9.17, 15) is 4.39 Å². The molecular weight excluding hydrogens is 169 g/mol. The zero-order chi connectivity index (χ0) is 9.26. The van der Waals surface area contributed by atoms with Gasteiger partial charge in [0.1, 0.15) is 0 Å². The van der Waals surface area contributed by atoms with Crippen LogP contribution in [0.3, 0.4) is 0 Å². The Morgan fingerprint density at radius 3 is 2.77 bits per heavy atom. The summed E-state index contributed by atoms with van der Waals surface area (Å²) in [6.07, 6.45) is 2.31. The van der Waals surface area contributed by atoms with Crippen molar-refractivity contribution >= 4 is 0 Å². The Hall–Kier alpha value is -1.09. The van der Waals surface area contributed by atoms with Gasteiger partial charge in [0.2, 0.25) is 0 Å². The van der Waals surface area contributed by atoms with Crippen molar-refractivity contribution in [1.82, 2.24) is 0 Å². The summed E-state index contributed by atoms with van der Waals surface area (Å²) in [5, 5.41) is 0. The van der Waals surface area contributed by atoms with Crippen LogP contribution in [-0.2, 0) is 6.54 Å². The molecule has 70 valence electrons. The second-order valence-corrected chi connectivity index (χ2v) is 3.29. The van der Waals surface area contributed by atoms with Crippen molar-refractivity contribution in [3.8, 4) is 5.75 Å². The summed E-state index contributed by atoms with van der Waals surface area (Å²) in [6.45, 7) is 0.362. The van der Waals surface area contributed by atoms with E-state index in [1.54, 1.807) is 12.1 Å². The van der Waals surface area contributed by atoms with E-state index >= 15 is 0 Å². The van der Waals surface area contributed by atoms with Gasteiger partial charge in [-0.05, 0) is 30.5 Å². The number of rotatable bonds is 3. The Morgan fingerprint density at radius 2 is 2.23 bits per heavy atom. The lowest BCUT2D eigenvalue weighted by Gasteiger charge is -2.06. The van der Waals surface area contributed by atoms with Crippen molar-refractivity contribution in [1.29, 1.82) is 0 Å². The third-order valence-electron chi connectivity index (χ3n) is 2.05. The fourth-order valence-electron chi connectivity index (χ4n) is 1.13. The van der Waals surface area contributed by atoms with E-state index in [4.69, 9.17) is 10.5 Å². The Kier molecular flexibility index (Phi) is 2.19. The molecule has 1 aromatic rings. The molecule has 0 aliphatic heterocycles. The smallest absolute Gasteiger partial charge is 0.165 e. The average molecular weight is 181 g/mol. The third kappa shape index (κ3) is 1.98. The van der Waals surface area contributed by atoms with Gasteiger partial charge < -0.3 is 10.5 Å². The van der Waals surface area contributed by atoms with Crippen molar-refractivity contribution in [2.75, 3.05) is 0 Å². The van der Waals surface area contributed by atoms with Gasteiger partial charge >= 0.3 is 0 Å². The van der Waals surface area contributed by atoms with E-state index in [1.807, 2.05) is 0 Å². The number of nitrogens with two attached hydrogens (primary N) is 1. The summed E-state index contributed by atoms with van der Waals surface area (Å²) in [5.41, 5.74) is 6.17. The number of ether oxygens (including phenoxy) is 1. The fourth-order valence-corrected chi connectivity index (χ4v) is 1.13. The largest absolute Gasteiger partial charge is 0.487 e. The highest BCUT2D eigenvalue weighted by Gasteiger charge is 2.24. The van der Waals surface area contributed by atoms with E-state index in [2.05, 4.69) is 0 Å². The molecule has 2 rings (SSSR count). The number of hydrogen-bond acceptors (Lipinski definition) is 2. The van der Waals surface area contributed by atoms with Crippen LogP contribution in [0.15, 0.2) is 18.2 Å². The van der Waals surface area contributed by atoms with Crippen LogP contribution in [0.5, 0.6) is 5.75 Å². The minimum atomic E-state index is -0.310. The molecule has 0 bridgehead atoms. The predicted molar refractivity (Wildman–Crippen MR) is 47.9 cm³/mol. The SMILES string of the molecule is NCc1ccc(OC2CC2)c(F)c1. The molecule has 0 atom stereocenters. The summed E-state index contributed by atoms with van der Waals surface area (Å²) >= 11 is 0. The zero-order valence-corrected chi connectivity index (χ0v) is 7.29. The van der Waals surface area contributed by atoms with Crippen LogP contribution in [0.4, 0.5) is 4.39 Å². The molecule has 1 fully saturated rings. The Balaban J connectivity index is 2.15. The molecule has 2 nitrogen and oxygen atoms in total. The summed E-state index contributed by atoms with van der Waals surface area (Å²) in [4.78, 5) is 0. The van der Waals surface area contributed by atoms with Crippen molar-refractivity contribution < 1.29 is 9.13 Å². The second kappa shape index (κ2) is 3.34. The standard InChI is InChI=1S/C10H12FNO/c11-9-5-7(6-12)1-4-10(9)13-8-2-3-8/h1,4-5,8H,2-3,6,12H2. The highest BCUT2D eigenvalue weighted by molar-refractivity contribution is 5.29. The Morgan fingerprint density at radius 1 is 1.46 bits per heavy atom. The minimum absolute atomic E-state index is 0.234. The van der Waals surface area contributed by atoms with Gasteiger partial charge in [0.05, 0.1) is 6.10 Å². The number of hydrogen-bond donors (Lipinski definition) is 1. The fraction of sp³-hybridized carbons (Fsp3) is 0.400. The van der Waals surface area contributed by atoms with Crippen molar-refractivity contribution in [2.45, 2.75) is 25.5 Å². The minimum Gasteiger partial charge on any atom is -0.487 e. The normalized spacial score (nSPS) is 15.8. The van der Waals surface area contributed by atoms with Gasteiger partial charge in [-0.1, -0.05) is 6.07 Å². The lowest BCUT2D eigenvalue weighted by Crippen LogP contribution is -2.01. The molecule has 0 aromatic heterocycles. The topological polar surface area (TPSA) is 35.2 Å². The van der Waals surface area contributed by atoms with Crippen LogP contribution in [-0.4, -0.2) is 6.10 Å². The van der Waals surface area contributed by atoms with Gasteiger partial charge in [0.15, 0.2) is 11.6 Å². The predicted octanol–water partition coefficient (Wildman–Crippen LogP) is 1.83. The van der Waals surface area contributed by atoms with Gasteiger partial charge in [0.25, 0.3) is 0 Å². The number of halogens is 1. The first kappa shape index (κ1) is 8.51. The number of benzene rings is 1. The molecule has 0 spiro atoms. The third-order valence-corrected chi connectivity index (χ3v) is 2.05. The van der Waals surface area contributed by atoms with Crippen LogP contribution in [0.25, 0.3) is 0 Å². The highest BCUT2D eigenvalue weighted by Crippen LogP contribution is 2.28. The molecule has 13 heavy (non-hydrogen) atoms. The lowest BCUT2D eigenvalue weighted by atomic mass is 10.2. The van der Waals surface area contributed by atoms with Crippen LogP contribution < -0.4 is 10.5 Å². The van der Waals surface area contributed by atoms with E-state index in [0.717, 1.165) is 18.4 Å². The molecular formula is C10H12FNO. The highest BCUT2D eigenvalue weighted by atomic mass is 19.1. The lowest BCUT2D eigenvalue weighted by molar-refractivity contribution is 0.287. The van der Waals surface area contributed by atoms with E-state index in [-0.39, 0.29) is 11.9 Å². The molecule has 2 N–H and O–H groups in total. The first-order valence-corrected chi connectivity index (χ1v) is 4.45. The van der Waals surface area contributed by atoms with Crippen LogP contribution >= 0.6 is 0 Å². The van der Waals surface area contributed by atoms with Gasteiger partial charge in [-0.2, -0.15) is 0 Å². The van der Waals surface area contributed by atoms with Gasteiger partial charge in [0, 0.05) is 6.54 Å². The van der Waals surface area contributed by atoms with E-state index in [0.29, 0.717) is 12.3 Å². The maximum absolute atomic E-state index is 13.2. The van der Waals surface area contributed by atoms with E-state index in [1.165, 1.54) is 6.07 Å². The van der Waals surface area contributed by atoms with Gasteiger partial charge in [-0.25, -0.2) is 4.39 Å². The molecule has 3 heteroatoms. The monoisotopic (exact) mass is 181 g/mol. The molecule has 0 unspecified atom stereocenters. The van der Waals surface area contributed by atoms with Crippen molar-refractivity contribution in [3.05, 3.63) is 29.6 Å². The Labute approximate surface area is 76.5 Å². The van der Waals surface area contributed by atoms with E-state index < -0.39 is 0 Å². The quantitative estimate of drug-likeness (QED) is 0.772. The van der Waals surface area contributed by atoms with Crippen LogP contribution in [0.2, 0.25) is 0 Å². The van der Waals surface area contributed by atoms with Crippen molar-refractivity contribution in [3.63, 3.8) is 0 Å². The summed E-state index contributed by atoms with van der Waals surface area (Å²) in [6, 6.07) is 4.87. The maximum Gasteiger partial charge on any atom is 0.165 e. The summed E-state index contributed by atoms with van der Waals surface area (Å²) in [5.74, 6) is 0.0366. The molecule has 1 aliphatic carbocycles. The molecule has 0 heterocycles. The first-order chi connectivity index (χ1) is 6.29. The molecule has 0 saturated heterocycles. The zero-order valence-electron chi connectivity index (χ0n) is 7.29. The summed E-state index contributed by atoms with van der Waals surface area (Å²) in [7, 11) is 0. The molecule has 0 radical (unpaired) electrons. The molecule has 0 amide bonds. The van der Waals surface area contributed by atoms with Crippen LogP contribution in [0, 0.1) is 5.82 Å². The van der Waals surface area contributed by atoms with Crippen molar-refractivity contribution in [2.24, 2.45) is 5.73 Å². The summed E-state index contributed by atoms with van der Waals surface area (Å²) < 4.78 is 18.6. The first-order valence-electron chi connectivity index (χ1n) is 4.45. The van der Waals surface area contributed by atoms with Gasteiger partial charge in [-0.3, -0.25) is 0 Å². The average Bonchev–Trinajstić information content (AvgIpc) is 2.92. The van der Waals surface area contributed by atoms with Gasteiger partial charge in [-0.15, -0.1) is 0 Å². The molecule has 1 aromatic carbocycles. The molecule has 1 saturated carbocycles. The van der Waals surface area contributed by atoms with Crippen LogP contribution in [0.1, 0.15) is 18.4 Å². The Bertz CT molecular complexity index is 310.